The van der Waals surface area contributed by atoms with Crippen LogP contribution in [-0.2, 0) is 17.8 Å². The topological polar surface area (TPSA) is 71.3 Å². The van der Waals surface area contributed by atoms with E-state index in [0.717, 1.165) is 55.4 Å². The number of halogens is 1. The molecule has 0 aromatic carbocycles. The highest BCUT2D eigenvalue weighted by molar-refractivity contribution is 5.85. The number of piperidine rings is 1. The molecule has 2 aromatic rings. The first kappa shape index (κ1) is 17.5. The SMILES string of the molecule is Cl.O=C([C@@H]1C[C@H]2CCNC[C@H]21)N1CCc2oc(-c3cccnc3)nc2C1. The van der Waals surface area contributed by atoms with E-state index >= 15 is 0 Å². The molecule has 26 heavy (non-hydrogen) atoms. The molecule has 138 valence electrons. The number of carbonyl (C=O) groups excluding carboxylic acids is 1. The number of nitrogens with one attached hydrogen (secondary N) is 1. The fourth-order valence-electron chi connectivity index (χ4n) is 4.52. The van der Waals surface area contributed by atoms with Crippen LogP contribution in [0.5, 0.6) is 0 Å². The quantitative estimate of drug-likeness (QED) is 0.873. The Kier molecular flexibility index (Phi) is 4.71. The zero-order valence-electron chi connectivity index (χ0n) is 14.6. The van der Waals surface area contributed by atoms with Crippen LogP contribution in [0.15, 0.2) is 28.9 Å². The van der Waals surface area contributed by atoms with Crippen molar-refractivity contribution in [3.63, 3.8) is 0 Å². The van der Waals surface area contributed by atoms with Gasteiger partial charge in [-0.3, -0.25) is 9.78 Å². The van der Waals surface area contributed by atoms with E-state index < -0.39 is 0 Å². The van der Waals surface area contributed by atoms with E-state index in [2.05, 4.69) is 15.3 Å². The summed E-state index contributed by atoms with van der Waals surface area (Å²) in [5.74, 6) is 3.30. The average Bonchev–Trinajstić information content (AvgIpc) is 3.06. The molecule has 0 spiro atoms. The molecular formula is C19H23ClN4O2. The molecular weight excluding hydrogens is 352 g/mol. The summed E-state index contributed by atoms with van der Waals surface area (Å²) in [7, 11) is 0. The number of hydrogen-bond donors (Lipinski definition) is 1. The Hall–Kier alpha value is -1.92. The third kappa shape index (κ3) is 2.91. The lowest BCUT2D eigenvalue weighted by Crippen LogP contribution is -2.55. The summed E-state index contributed by atoms with van der Waals surface area (Å²) in [6.07, 6.45) is 6.52. The minimum Gasteiger partial charge on any atom is -0.441 e. The van der Waals surface area contributed by atoms with E-state index in [1.165, 1.54) is 6.42 Å². The van der Waals surface area contributed by atoms with Crippen molar-refractivity contribution in [3.05, 3.63) is 36.0 Å². The highest BCUT2D eigenvalue weighted by Crippen LogP contribution is 2.45. The first-order valence-corrected chi connectivity index (χ1v) is 9.18. The smallest absolute Gasteiger partial charge is 0.228 e. The van der Waals surface area contributed by atoms with Gasteiger partial charge in [-0.25, -0.2) is 4.98 Å². The van der Waals surface area contributed by atoms with Gasteiger partial charge in [0.2, 0.25) is 11.8 Å². The van der Waals surface area contributed by atoms with Crippen LogP contribution >= 0.6 is 12.4 Å². The van der Waals surface area contributed by atoms with E-state index in [-0.39, 0.29) is 18.3 Å². The molecule has 1 N–H and O–H groups in total. The van der Waals surface area contributed by atoms with Gasteiger partial charge in [-0.05, 0) is 49.9 Å². The van der Waals surface area contributed by atoms with Gasteiger partial charge < -0.3 is 14.6 Å². The lowest BCUT2D eigenvalue weighted by molar-refractivity contribution is -0.146. The van der Waals surface area contributed by atoms with Gasteiger partial charge >= 0.3 is 0 Å². The Bertz CT molecular complexity index is 794. The fraction of sp³-hybridized carbons (Fsp3) is 0.526. The molecule has 3 atom stereocenters. The van der Waals surface area contributed by atoms with Gasteiger partial charge in [-0.1, -0.05) is 0 Å². The largest absolute Gasteiger partial charge is 0.441 e. The number of fused-ring (bicyclic) bond motifs is 2. The maximum atomic E-state index is 13.0. The molecule has 2 fully saturated rings. The van der Waals surface area contributed by atoms with E-state index in [1.807, 2.05) is 17.0 Å². The van der Waals surface area contributed by atoms with Crippen molar-refractivity contribution in [1.82, 2.24) is 20.2 Å². The summed E-state index contributed by atoms with van der Waals surface area (Å²) < 4.78 is 5.91. The lowest BCUT2D eigenvalue weighted by atomic mass is 9.61. The van der Waals surface area contributed by atoms with Crippen molar-refractivity contribution in [3.8, 4) is 11.5 Å². The molecule has 4 heterocycles. The third-order valence-corrected chi connectivity index (χ3v) is 6.02. The maximum Gasteiger partial charge on any atom is 0.228 e. The first-order chi connectivity index (χ1) is 12.3. The third-order valence-electron chi connectivity index (χ3n) is 6.02. The molecule has 1 saturated heterocycles. The minimum atomic E-state index is 0. The standard InChI is InChI=1S/C19H22N4O2.ClH/c24-19(14-8-12-3-6-21-10-15(12)14)23-7-4-17-16(11-23)22-18(25-17)13-2-1-5-20-9-13;/h1-2,5,9,12,14-15,21H,3-4,6-8,10-11H2;1H/t12-,14-,15-;/m1./s1. The number of hydrogen-bond acceptors (Lipinski definition) is 5. The van der Waals surface area contributed by atoms with E-state index in [0.29, 0.717) is 24.3 Å². The van der Waals surface area contributed by atoms with Gasteiger partial charge in [-0.2, -0.15) is 0 Å². The van der Waals surface area contributed by atoms with Gasteiger partial charge in [0.1, 0.15) is 11.5 Å². The summed E-state index contributed by atoms with van der Waals surface area (Å²) in [4.78, 5) is 23.7. The molecule has 1 aliphatic carbocycles. The van der Waals surface area contributed by atoms with Crippen molar-refractivity contribution in [1.29, 1.82) is 0 Å². The molecule has 5 rings (SSSR count). The first-order valence-electron chi connectivity index (χ1n) is 9.18. The highest BCUT2D eigenvalue weighted by atomic mass is 35.5. The number of rotatable bonds is 2. The van der Waals surface area contributed by atoms with Gasteiger partial charge in [0.25, 0.3) is 0 Å². The van der Waals surface area contributed by atoms with Gasteiger partial charge in [0, 0.05) is 31.3 Å². The lowest BCUT2D eigenvalue weighted by Gasteiger charge is -2.48. The summed E-state index contributed by atoms with van der Waals surface area (Å²) in [5.41, 5.74) is 1.78. The Morgan fingerprint density at radius 1 is 1.38 bits per heavy atom. The zero-order chi connectivity index (χ0) is 16.8. The van der Waals surface area contributed by atoms with Crippen LogP contribution < -0.4 is 5.32 Å². The summed E-state index contributed by atoms with van der Waals surface area (Å²) in [6, 6.07) is 3.82. The van der Waals surface area contributed by atoms with Crippen molar-refractivity contribution in [2.45, 2.75) is 25.8 Å². The Morgan fingerprint density at radius 2 is 2.31 bits per heavy atom. The molecule has 3 aliphatic rings. The Labute approximate surface area is 158 Å². The molecule has 0 radical (unpaired) electrons. The predicted octanol–water partition coefficient (Wildman–Crippen LogP) is 2.29. The van der Waals surface area contributed by atoms with E-state index in [4.69, 9.17) is 4.42 Å². The molecule has 0 bridgehead atoms. The minimum absolute atomic E-state index is 0. The molecule has 2 aromatic heterocycles. The molecule has 1 saturated carbocycles. The van der Waals surface area contributed by atoms with Crippen LogP contribution in [0.25, 0.3) is 11.5 Å². The van der Waals surface area contributed by atoms with Crippen molar-refractivity contribution < 1.29 is 9.21 Å². The number of pyridine rings is 1. The Balaban J connectivity index is 0.00000168. The maximum absolute atomic E-state index is 13.0. The number of carbonyl (C=O) groups is 1. The monoisotopic (exact) mass is 374 g/mol. The molecule has 7 heteroatoms. The second-order valence-corrected chi connectivity index (χ2v) is 7.40. The zero-order valence-corrected chi connectivity index (χ0v) is 15.4. The molecule has 0 unspecified atom stereocenters. The van der Waals surface area contributed by atoms with Crippen LogP contribution in [0, 0.1) is 17.8 Å². The number of amides is 1. The molecule has 6 nitrogen and oxygen atoms in total. The normalized spacial score (nSPS) is 26.9. The predicted molar refractivity (Wildman–Crippen MR) is 98.7 cm³/mol. The molecule has 2 aliphatic heterocycles. The Morgan fingerprint density at radius 3 is 3.12 bits per heavy atom. The second-order valence-electron chi connectivity index (χ2n) is 7.40. The summed E-state index contributed by atoms with van der Waals surface area (Å²) in [5, 5.41) is 3.44. The van der Waals surface area contributed by atoms with Crippen LogP contribution in [0.3, 0.4) is 0 Å². The summed E-state index contributed by atoms with van der Waals surface area (Å²) >= 11 is 0. The molecule has 1 amide bonds. The van der Waals surface area contributed by atoms with Gasteiger partial charge in [0.15, 0.2) is 0 Å². The van der Waals surface area contributed by atoms with Crippen LogP contribution in [0.1, 0.15) is 24.3 Å². The van der Waals surface area contributed by atoms with E-state index in [9.17, 15) is 4.79 Å². The summed E-state index contributed by atoms with van der Waals surface area (Å²) in [6.45, 7) is 3.40. The fourth-order valence-corrected chi connectivity index (χ4v) is 4.52. The van der Waals surface area contributed by atoms with Crippen molar-refractivity contribution in [2.75, 3.05) is 19.6 Å². The van der Waals surface area contributed by atoms with Gasteiger partial charge in [0.05, 0.1) is 12.1 Å². The van der Waals surface area contributed by atoms with Crippen LogP contribution in [0.2, 0.25) is 0 Å². The van der Waals surface area contributed by atoms with Crippen LogP contribution in [-0.4, -0.2) is 40.4 Å². The van der Waals surface area contributed by atoms with E-state index in [1.54, 1.807) is 12.4 Å². The van der Waals surface area contributed by atoms with Gasteiger partial charge in [-0.15, -0.1) is 12.4 Å². The van der Waals surface area contributed by atoms with Crippen LogP contribution in [0.4, 0.5) is 0 Å². The second kappa shape index (κ2) is 7.00. The number of oxazole rings is 1. The van der Waals surface area contributed by atoms with Crippen molar-refractivity contribution >= 4 is 18.3 Å². The van der Waals surface area contributed by atoms with Crippen molar-refractivity contribution in [2.24, 2.45) is 17.8 Å². The number of aromatic nitrogens is 2. The average molecular weight is 375 g/mol. The number of nitrogens with zero attached hydrogens (tertiary/aromatic N) is 3. The highest BCUT2D eigenvalue weighted by Gasteiger charge is 2.47.